The molecule has 0 radical (unpaired) electrons. The predicted octanol–water partition coefficient (Wildman–Crippen LogP) is 5.96. The fourth-order valence-electron chi connectivity index (χ4n) is 4.21. The van der Waals surface area contributed by atoms with Gasteiger partial charge in [-0.2, -0.15) is 5.10 Å². The van der Waals surface area contributed by atoms with Gasteiger partial charge in [0.2, 0.25) is 13.0 Å². The zero-order chi connectivity index (χ0) is 20.2. The number of hydrazone groups is 1. The van der Waals surface area contributed by atoms with Crippen LogP contribution in [0.15, 0.2) is 65.8 Å². The molecule has 0 aliphatic carbocycles. The van der Waals surface area contributed by atoms with Crippen molar-refractivity contribution < 1.29 is 14.2 Å². The van der Waals surface area contributed by atoms with Crippen molar-refractivity contribution in [3.8, 4) is 17.2 Å². The summed E-state index contributed by atoms with van der Waals surface area (Å²) in [6.45, 7) is 0.222. The Morgan fingerprint density at radius 2 is 1.77 bits per heavy atom. The Kier molecular flexibility index (Phi) is 4.08. The topological polar surface area (TPSA) is 43.3 Å². The molecular weight excluding hydrogens is 423 g/mol. The number of fused-ring (bicyclic) bond motifs is 4. The molecule has 0 amide bonds. The molecule has 0 fully saturated rings. The van der Waals surface area contributed by atoms with Crippen molar-refractivity contribution in [2.24, 2.45) is 5.10 Å². The number of hydrogen-bond acceptors (Lipinski definition) is 5. The lowest BCUT2D eigenvalue weighted by atomic mass is 9.96. The van der Waals surface area contributed by atoms with E-state index in [9.17, 15) is 0 Å². The molecule has 3 aromatic carbocycles. The second kappa shape index (κ2) is 6.83. The molecule has 2 atom stereocenters. The Bertz CT molecular complexity index is 1180. The first-order valence-corrected chi connectivity index (χ1v) is 10.4. The van der Waals surface area contributed by atoms with Gasteiger partial charge in [-0.05, 0) is 35.9 Å². The highest BCUT2D eigenvalue weighted by Gasteiger charge is 2.42. The lowest BCUT2D eigenvalue weighted by Crippen LogP contribution is -2.33. The fraction of sp³-hybridized carbons (Fsp3) is 0.174. The Balaban J connectivity index is 1.48. The van der Waals surface area contributed by atoms with Crippen molar-refractivity contribution in [2.75, 3.05) is 6.79 Å². The Labute approximate surface area is 183 Å². The third kappa shape index (κ3) is 2.81. The van der Waals surface area contributed by atoms with Crippen molar-refractivity contribution >= 4 is 28.9 Å². The Morgan fingerprint density at radius 1 is 0.933 bits per heavy atom. The second-order valence-electron chi connectivity index (χ2n) is 7.40. The van der Waals surface area contributed by atoms with Crippen LogP contribution >= 0.6 is 23.2 Å². The van der Waals surface area contributed by atoms with Gasteiger partial charge in [0.1, 0.15) is 5.75 Å². The van der Waals surface area contributed by atoms with Crippen molar-refractivity contribution in [1.82, 2.24) is 5.01 Å². The molecule has 150 valence electrons. The quantitative estimate of drug-likeness (QED) is 0.494. The molecule has 5 nitrogen and oxygen atoms in total. The number of rotatable bonds is 2. The van der Waals surface area contributed by atoms with Crippen molar-refractivity contribution in [2.45, 2.75) is 18.7 Å². The van der Waals surface area contributed by atoms with Gasteiger partial charge in [-0.15, -0.1) is 0 Å². The first-order valence-electron chi connectivity index (χ1n) is 9.64. The summed E-state index contributed by atoms with van der Waals surface area (Å²) in [5.74, 6) is 2.08. The number of ether oxygens (including phenoxy) is 3. The van der Waals surface area contributed by atoms with E-state index >= 15 is 0 Å². The number of benzene rings is 3. The maximum Gasteiger partial charge on any atom is 0.231 e. The van der Waals surface area contributed by atoms with Gasteiger partial charge in [-0.25, -0.2) is 5.01 Å². The van der Waals surface area contributed by atoms with E-state index in [2.05, 4.69) is 12.1 Å². The van der Waals surface area contributed by atoms with Gasteiger partial charge in [0.25, 0.3) is 0 Å². The highest BCUT2D eigenvalue weighted by atomic mass is 35.5. The Morgan fingerprint density at radius 3 is 2.63 bits per heavy atom. The summed E-state index contributed by atoms with van der Waals surface area (Å²) in [6, 6.07) is 19.6. The van der Waals surface area contributed by atoms with Gasteiger partial charge < -0.3 is 14.2 Å². The van der Waals surface area contributed by atoms with Gasteiger partial charge in [0, 0.05) is 22.6 Å². The molecule has 3 heterocycles. The first kappa shape index (κ1) is 17.9. The van der Waals surface area contributed by atoms with Crippen molar-refractivity contribution in [3.05, 3.63) is 87.4 Å². The average molecular weight is 439 g/mol. The number of nitrogens with zero attached hydrogens (tertiary/aromatic N) is 2. The van der Waals surface area contributed by atoms with E-state index in [1.54, 1.807) is 6.07 Å². The van der Waals surface area contributed by atoms with E-state index in [-0.39, 0.29) is 12.8 Å². The van der Waals surface area contributed by atoms with Crippen LogP contribution in [-0.4, -0.2) is 17.5 Å². The minimum Gasteiger partial charge on any atom is -0.463 e. The summed E-state index contributed by atoms with van der Waals surface area (Å²) in [4.78, 5) is 0. The van der Waals surface area contributed by atoms with Crippen LogP contribution in [0.3, 0.4) is 0 Å². The zero-order valence-electron chi connectivity index (χ0n) is 15.7. The number of hydrogen-bond donors (Lipinski definition) is 0. The standard InChI is InChI=1S/C23H16Cl2N2O3/c24-15-9-16-19-11-18(13-4-2-1-3-5-13)26-27(19)23(30-22(16)17(25)10-15)14-6-7-20-21(8-14)29-12-28-20/h1-10,19,23H,11-12H2/t19-,23+/m1/s1. The molecule has 3 aliphatic heterocycles. The van der Waals surface area contributed by atoms with Gasteiger partial charge in [0.05, 0.1) is 16.8 Å². The summed E-state index contributed by atoms with van der Waals surface area (Å²) in [5, 5.41) is 8.03. The molecule has 0 saturated carbocycles. The van der Waals surface area contributed by atoms with Gasteiger partial charge >= 0.3 is 0 Å². The monoisotopic (exact) mass is 438 g/mol. The molecule has 0 spiro atoms. The summed E-state index contributed by atoms with van der Waals surface area (Å²) in [7, 11) is 0. The SMILES string of the molecule is Clc1cc(Cl)c2c(c1)[C@H]1CC(c3ccccc3)=NN1[C@H](c1ccc3c(c1)OCO3)O2. The van der Waals surface area contributed by atoms with E-state index in [0.717, 1.165) is 34.6 Å². The van der Waals surface area contributed by atoms with Crippen LogP contribution in [-0.2, 0) is 0 Å². The smallest absolute Gasteiger partial charge is 0.231 e. The molecular formula is C23H16Cl2N2O3. The Hall–Kier alpha value is -2.89. The molecule has 0 N–H and O–H groups in total. The van der Waals surface area contributed by atoms with Crippen molar-refractivity contribution in [3.63, 3.8) is 0 Å². The van der Waals surface area contributed by atoms with Crippen LogP contribution in [0.2, 0.25) is 10.0 Å². The van der Waals surface area contributed by atoms with Crippen molar-refractivity contribution in [1.29, 1.82) is 0 Å². The minimum atomic E-state index is -0.447. The maximum atomic E-state index is 6.53. The summed E-state index contributed by atoms with van der Waals surface area (Å²) >= 11 is 12.8. The minimum absolute atomic E-state index is 0.0319. The van der Waals surface area contributed by atoms with E-state index in [4.69, 9.17) is 42.5 Å². The van der Waals surface area contributed by atoms with E-state index < -0.39 is 6.23 Å². The maximum absolute atomic E-state index is 6.53. The van der Waals surface area contributed by atoms with Crippen LogP contribution < -0.4 is 14.2 Å². The summed E-state index contributed by atoms with van der Waals surface area (Å²) in [5.41, 5.74) is 3.95. The fourth-order valence-corrected chi connectivity index (χ4v) is 4.76. The average Bonchev–Trinajstić information content (AvgIpc) is 3.41. The van der Waals surface area contributed by atoms with Crippen LogP contribution in [0, 0.1) is 0 Å². The molecule has 3 aliphatic rings. The predicted molar refractivity (Wildman–Crippen MR) is 115 cm³/mol. The van der Waals surface area contributed by atoms with Gasteiger partial charge in [-0.1, -0.05) is 53.5 Å². The van der Waals surface area contributed by atoms with Crippen LogP contribution in [0.1, 0.15) is 35.4 Å². The van der Waals surface area contributed by atoms with Gasteiger partial charge in [-0.3, -0.25) is 0 Å². The second-order valence-corrected chi connectivity index (χ2v) is 8.25. The largest absolute Gasteiger partial charge is 0.463 e. The van der Waals surface area contributed by atoms with Crippen LogP contribution in [0.5, 0.6) is 17.2 Å². The molecule has 7 heteroatoms. The first-order chi connectivity index (χ1) is 14.7. The van der Waals surface area contributed by atoms with E-state index in [0.29, 0.717) is 21.5 Å². The number of halogens is 2. The van der Waals surface area contributed by atoms with Crippen LogP contribution in [0.25, 0.3) is 0 Å². The van der Waals surface area contributed by atoms with E-state index in [1.165, 1.54) is 0 Å². The van der Waals surface area contributed by atoms with Crippen LogP contribution in [0.4, 0.5) is 0 Å². The highest BCUT2D eigenvalue weighted by molar-refractivity contribution is 6.35. The zero-order valence-corrected chi connectivity index (χ0v) is 17.2. The molecule has 30 heavy (non-hydrogen) atoms. The molecule has 0 bridgehead atoms. The molecule has 3 aromatic rings. The molecule has 6 rings (SSSR count). The molecule has 0 aromatic heterocycles. The highest BCUT2D eigenvalue weighted by Crippen LogP contribution is 2.51. The lowest BCUT2D eigenvalue weighted by molar-refractivity contribution is -0.0190. The third-order valence-corrected chi connectivity index (χ3v) is 6.10. The normalized spacial score (nSPS) is 21.0. The third-order valence-electron chi connectivity index (χ3n) is 5.60. The lowest BCUT2D eigenvalue weighted by Gasteiger charge is -2.38. The summed E-state index contributed by atoms with van der Waals surface area (Å²) < 4.78 is 17.4. The van der Waals surface area contributed by atoms with Gasteiger partial charge in [0.15, 0.2) is 11.5 Å². The summed E-state index contributed by atoms with van der Waals surface area (Å²) in [6.07, 6.45) is 0.287. The molecule has 0 unspecified atom stereocenters. The molecule has 0 saturated heterocycles. The van der Waals surface area contributed by atoms with E-state index in [1.807, 2.05) is 47.5 Å².